The van der Waals surface area contributed by atoms with Crippen LogP contribution in [0.25, 0.3) is 0 Å². The predicted molar refractivity (Wildman–Crippen MR) is 57.0 cm³/mol. The van der Waals surface area contributed by atoms with Gasteiger partial charge >= 0.3 is 0 Å². The highest BCUT2D eigenvalue weighted by Crippen LogP contribution is 2.55. The Morgan fingerprint density at radius 3 is 2.29 bits per heavy atom. The van der Waals surface area contributed by atoms with Gasteiger partial charge in [0.25, 0.3) is 0 Å². The zero-order valence-electron chi connectivity index (χ0n) is 7.95. The van der Waals surface area contributed by atoms with Gasteiger partial charge in [0.15, 0.2) is 5.11 Å². The van der Waals surface area contributed by atoms with Crippen LogP contribution in [-0.2, 0) is 4.79 Å². The minimum absolute atomic E-state index is 0.0506. The molecule has 0 radical (unpaired) electrons. The molecule has 2 rings (SSSR count). The van der Waals surface area contributed by atoms with Gasteiger partial charge in [0, 0.05) is 5.92 Å². The number of amides is 1. The maximum absolute atomic E-state index is 11.6. The SMILES string of the molecule is NC(=S)NNC(=O)C1[C@@H]2CCCC[C@@H]12. The van der Waals surface area contributed by atoms with Gasteiger partial charge in [0.1, 0.15) is 0 Å². The highest BCUT2D eigenvalue weighted by molar-refractivity contribution is 7.80. The van der Waals surface area contributed by atoms with Gasteiger partial charge in [-0.2, -0.15) is 0 Å². The molecule has 1 amide bonds. The van der Waals surface area contributed by atoms with E-state index in [0.717, 1.165) is 0 Å². The van der Waals surface area contributed by atoms with Gasteiger partial charge in [-0.3, -0.25) is 15.6 Å². The van der Waals surface area contributed by atoms with Crippen molar-refractivity contribution in [3.8, 4) is 0 Å². The van der Waals surface area contributed by atoms with Gasteiger partial charge in [0.2, 0.25) is 5.91 Å². The molecule has 0 bridgehead atoms. The van der Waals surface area contributed by atoms with Crippen molar-refractivity contribution in [2.24, 2.45) is 23.5 Å². The van der Waals surface area contributed by atoms with Crippen molar-refractivity contribution in [2.45, 2.75) is 25.7 Å². The lowest BCUT2D eigenvalue weighted by Crippen LogP contribution is -2.45. The lowest BCUT2D eigenvalue weighted by atomic mass is 10.0. The molecule has 4 nitrogen and oxygen atoms in total. The summed E-state index contributed by atoms with van der Waals surface area (Å²) >= 11 is 4.60. The molecule has 0 aromatic rings. The van der Waals surface area contributed by atoms with E-state index in [1.165, 1.54) is 25.7 Å². The van der Waals surface area contributed by atoms with E-state index in [0.29, 0.717) is 11.8 Å². The first kappa shape index (κ1) is 9.71. The fourth-order valence-electron chi connectivity index (χ4n) is 2.59. The summed E-state index contributed by atoms with van der Waals surface area (Å²) < 4.78 is 0. The summed E-state index contributed by atoms with van der Waals surface area (Å²) in [6.45, 7) is 0. The number of nitrogens with two attached hydrogens (primary N) is 1. The molecule has 2 fully saturated rings. The number of fused-ring (bicyclic) bond motifs is 1. The minimum atomic E-state index is 0.0506. The highest BCUT2D eigenvalue weighted by Gasteiger charge is 2.54. The van der Waals surface area contributed by atoms with E-state index in [-0.39, 0.29) is 16.9 Å². The topological polar surface area (TPSA) is 67.2 Å². The van der Waals surface area contributed by atoms with E-state index in [2.05, 4.69) is 23.1 Å². The third kappa shape index (κ3) is 1.82. The Balaban J connectivity index is 1.79. The number of carbonyl (C=O) groups is 1. The second-order valence-corrected chi connectivity index (χ2v) is 4.56. The van der Waals surface area contributed by atoms with E-state index in [1.54, 1.807) is 0 Å². The first-order valence-corrected chi connectivity index (χ1v) is 5.46. The zero-order chi connectivity index (χ0) is 10.1. The molecule has 0 aliphatic heterocycles. The van der Waals surface area contributed by atoms with E-state index >= 15 is 0 Å². The van der Waals surface area contributed by atoms with Gasteiger partial charge in [-0.05, 0) is 36.9 Å². The summed E-state index contributed by atoms with van der Waals surface area (Å²) in [7, 11) is 0. The van der Waals surface area contributed by atoms with Gasteiger partial charge in [-0.15, -0.1) is 0 Å². The number of thiocarbonyl (C=S) groups is 1. The molecule has 0 aromatic carbocycles. The third-order valence-corrected chi connectivity index (χ3v) is 3.37. The zero-order valence-corrected chi connectivity index (χ0v) is 8.77. The van der Waals surface area contributed by atoms with Crippen molar-refractivity contribution >= 4 is 23.2 Å². The summed E-state index contributed by atoms with van der Waals surface area (Å²) in [5.74, 6) is 1.50. The predicted octanol–water partition coefficient (Wildman–Crippen LogP) is 0.287. The molecule has 2 saturated carbocycles. The van der Waals surface area contributed by atoms with Gasteiger partial charge in [-0.1, -0.05) is 12.8 Å². The van der Waals surface area contributed by atoms with Crippen LogP contribution in [0.15, 0.2) is 0 Å². The van der Waals surface area contributed by atoms with E-state index in [1.807, 2.05) is 0 Å². The molecule has 0 unspecified atom stereocenters. The summed E-state index contributed by atoms with van der Waals surface area (Å²) in [4.78, 5) is 11.6. The molecule has 0 heterocycles. The average Bonchev–Trinajstić information content (AvgIpc) is 2.88. The summed E-state index contributed by atoms with van der Waals surface area (Å²) in [6, 6.07) is 0. The van der Waals surface area contributed by atoms with Crippen LogP contribution in [0.4, 0.5) is 0 Å². The van der Waals surface area contributed by atoms with Crippen molar-refractivity contribution in [3.05, 3.63) is 0 Å². The van der Waals surface area contributed by atoms with Gasteiger partial charge in [-0.25, -0.2) is 0 Å². The Morgan fingerprint density at radius 1 is 1.21 bits per heavy atom. The summed E-state index contributed by atoms with van der Waals surface area (Å²) in [5.41, 5.74) is 10.2. The number of hydrogen-bond acceptors (Lipinski definition) is 2. The molecule has 78 valence electrons. The van der Waals surface area contributed by atoms with Gasteiger partial charge in [0.05, 0.1) is 0 Å². The molecule has 5 heteroatoms. The maximum Gasteiger partial charge on any atom is 0.242 e. The Kier molecular flexibility index (Phi) is 2.58. The lowest BCUT2D eigenvalue weighted by Gasteiger charge is -2.04. The monoisotopic (exact) mass is 213 g/mol. The molecule has 0 saturated heterocycles. The van der Waals surface area contributed by atoms with Crippen molar-refractivity contribution in [1.29, 1.82) is 0 Å². The maximum atomic E-state index is 11.6. The van der Waals surface area contributed by atoms with Crippen LogP contribution >= 0.6 is 12.2 Å². The molecule has 4 N–H and O–H groups in total. The number of carbonyl (C=O) groups excluding carboxylic acids is 1. The fraction of sp³-hybridized carbons (Fsp3) is 0.778. The van der Waals surface area contributed by atoms with Crippen molar-refractivity contribution < 1.29 is 4.79 Å². The van der Waals surface area contributed by atoms with Crippen molar-refractivity contribution in [1.82, 2.24) is 10.9 Å². The van der Waals surface area contributed by atoms with Crippen LogP contribution in [0.2, 0.25) is 0 Å². The smallest absolute Gasteiger partial charge is 0.242 e. The van der Waals surface area contributed by atoms with Gasteiger partial charge < -0.3 is 5.73 Å². The van der Waals surface area contributed by atoms with Crippen LogP contribution in [0, 0.1) is 17.8 Å². The number of hydrogen-bond donors (Lipinski definition) is 3. The molecule has 0 aromatic heterocycles. The normalized spacial score (nSPS) is 34.1. The molecule has 2 aliphatic rings. The van der Waals surface area contributed by atoms with Crippen molar-refractivity contribution in [3.63, 3.8) is 0 Å². The van der Waals surface area contributed by atoms with Crippen LogP contribution in [0.3, 0.4) is 0 Å². The fourth-order valence-corrected chi connectivity index (χ4v) is 2.64. The van der Waals surface area contributed by atoms with E-state index in [9.17, 15) is 4.79 Å². The summed E-state index contributed by atoms with van der Waals surface area (Å²) in [6.07, 6.45) is 4.95. The average molecular weight is 213 g/mol. The number of nitrogens with one attached hydrogen (secondary N) is 2. The molecule has 2 aliphatic carbocycles. The second kappa shape index (κ2) is 3.73. The molecular formula is C9H15N3OS. The molecule has 0 spiro atoms. The second-order valence-electron chi connectivity index (χ2n) is 4.12. The Morgan fingerprint density at radius 2 is 1.79 bits per heavy atom. The van der Waals surface area contributed by atoms with Crippen LogP contribution < -0.4 is 16.6 Å². The first-order valence-electron chi connectivity index (χ1n) is 5.05. The quantitative estimate of drug-likeness (QED) is 0.432. The van der Waals surface area contributed by atoms with Crippen LogP contribution in [-0.4, -0.2) is 11.0 Å². The summed E-state index contributed by atoms with van der Waals surface area (Å²) in [5, 5.41) is 0.113. The first-order chi connectivity index (χ1) is 6.70. The Bertz CT molecular complexity index is 257. The lowest BCUT2D eigenvalue weighted by molar-refractivity contribution is -0.123. The van der Waals surface area contributed by atoms with E-state index in [4.69, 9.17) is 5.73 Å². The van der Waals surface area contributed by atoms with E-state index < -0.39 is 0 Å². The molecule has 2 atom stereocenters. The molecular weight excluding hydrogens is 198 g/mol. The largest absolute Gasteiger partial charge is 0.375 e. The third-order valence-electron chi connectivity index (χ3n) is 3.27. The Labute approximate surface area is 88.6 Å². The van der Waals surface area contributed by atoms with Crippen molar-refractivity contribution in [2.75, 3.05) is 0 Å². The van der Waals surface area contributed by atoms with Crippen LogP contribution in [0.5, 0.6) is 0 Å². The Hall–Kier alpha value is -0.840. The minimum Gasteiger partial charge on any atom is -0.375 e. The number of hydrazine groups is 1. The van der Waals surface area contributed by atoms with Crippen LogP contribution in [0.1, 0.15) is 25.7 Å². The standard InChI is InChI=1S/C9H15N3OS/c10-9(14)12-11-8(13)7-5-3-1-2-4-6(5)7/h5-7H,1-4H2,(H,11,13)(H3,10,12,14)/t5-,6-/m1/s1. The number of rotatable bonds is 1. The highest BCUT2D eigenvalue weighted by atomic mass is 32.1. The molecule has 14 heavy (non-hydrogen) atoms.